The van der Waals surface area contributed by atoms with Gasteiger partial charge in [-0.25, -0.2) is 0 Å². The fourth-order valence-electron chi connectivity index (χ4n) is 2.48. The summed E-state index contributed by atoms with van der Waals surface area (Å²) in [6, 6.07) is 7.31. The molecule has 1 aromatic rings. The fraction of sp³-hybridized carbons (Fsp3) is 0.500. The number of carbonyl (C=O) groups excluding carboxylic acids is 1. The maximum Gasteiger partial charge on any atom is 0.163 e. The van der Waals surface area contributed by atoms with E-state index in [0.29, 0.717) is 18.0 Å². The lowest BCUT2D eigenvalue weighted by Crippen LogP contribution is -2.12. The van der Waals surface area contributed by atoms with Crippen LogP contribution in [0.5, 0.6) is 0 Å². The lowest BCUT2D eigenvalue weighted by atomic mass is 9.85. The Balaban J connectivity index is 1.97. The average Bonchev–Trinajstić information content (AvgIpc) is 2.30. The number of hydrogen-bond acceptors (Lipinski definition) is 2. The normalized spacial score (nSPS) is 17.2. The van der Waals surface area contributed by atoms with Gasteiger partial charge in [-0.1, -0.05) is 44.2 Å². The molecule has 16 heavy (non-hydrogen) atoms. The lowest BCUT2D eigenvalue weighted by molar-refractivity contribution is 0.0950. The molecule has 0 bridgehead atoms. The smallest absolute Gasteiger partial charge is 0.163 e. The van der Waals surface area contributed by atoms with Gasteiger partial charge in [0.15, 0.2) is 5.78 Å². The van der Waals surface area contributed by atoms with Crippen LogP contribution in [0.2, 0.25) is 0 Å². The molecule has 0 amide bonds. The van der Waals surface area contributed by atoms with Crippen LogP contribution in [0.3, 0.4) is 0 Å². The molecule has 1 aromatic carbocycles. The minimum atomic E-state index is 0.249. The SMILES string of the molecule is Nc1cccc(C(=O)CC2CCCCC2)c1. The molecule has 1 fully saturated rings. The van der Waals surface area contributed by atoms with Crippen molar-refractivity contribution in [2.75, 3.05) is 5.73 Å². The van der Waals surface area contributed by atoms with E-state index in [1.165, 1.54) is 32.1 Å². The van der Waals surface area contributed by atoms with Crippen LogP contribution in [0.1, 0.15) is 48.9 Å². The Morgan fingerprint density at radius 1 is 1.25 bits per heavy atom. The van der Waals surface area contributed by atoms with Crippen molar-refractivity contribution in [1.29, 1.82) is 0 Å². The predicted molar refractivity (Wildman–Crippen MR) is 66.4 cm³/mol. The molecule has 86 valence electrons. The van der Waals surface area contributed by atoms with Crippen molar-refractivity contribution in [3.05, 3.63) is 29.8 Å². The first kappa shape index (κ1) is 11.2. The molecule has 0 aromatic heterocycles. The van der Waals surface area contributed by atoms with Crippen molar-refractivity contribution in [2.45, 2.75) is 38.5 Å². The summed E-state index contributed by atoms with van der Waals surface area (Å²) in [4.78, 5) is 12.0. The van der Waals surface area contributed by atoms with Crippen molar-refractivity contribution in [3.8, 4) is 0 Å². The second kappa shape index (κ2) is 5.15. The average molecular weight is 217 g/mol. The number of Topliss-reactive ketones (excluding diaryl/α,β-unsaturated/α-hetero) is 1. The highest BCUT2D eigenvalue weighted by Crippen LogP contribution is 2.27. The molecule has 0 unspecified atom stereocenters. The van der Waals surface area contributed by atoms with Gasteiger partial charge in [0, 0.05) is 17.7 Å². The van der Waals surface area contributed by atoms with E-state index in [-0.39, 0.29) is 5.78 Å². The van der Waals surface area contributed by atoms with Crippen molar-refractivity contribution < 1.29 is 4.79 Å². The number of carbonyl (C=O) groups is 1. The number of nitrogens with two attached hydrogens (primary N) is 1. The van der Waals surface area contributed by atoms with Crippen LogP contribution in [-0.2, 0) is 0 Å². The lowest BCUT2D eigenvalue weighted by Gasteiger charge is -2.20. The number of benzene rings is 1. The molecule has 1 saturated carbocycles. The van der Waals surface area contributed by atoms with Crippen molar-refractivity contribution in [3.63, 3.8) is 0 Å². The van der Waals surface area contributed by atoms with Gasteiger partial charge in [0.05, 0.1) is 0 Å². The van der Waals surface area contributed by atoms with Gasteiger partial charge in [-0.3, -0.25) is 4.79 Å². The topological polar surface area (TPSA) is 43.1 Å². The Kier molecular flexibility index (Phi) is 3.60. The monoisotopic (exact) mass is 217 g/mol. The molecule has 0 spiro atoms. The molecule has 0 atom stereocenters. The Morgan fingerprint density at radius 3 is 2.69 bits per heavy atom. The van der Waals surface area contributed by atoms with Gasteiger partial charge in [-0.2, -0.15) is 0 Å². The van der Waals surface area contributed by atoms with Crippen molar-refractivity contribution in [1.82, 2.24) is 0 Å². The predicted octanol–water partition coefficient (Wildman–Crippen LogP) is 3.42. The van der Waals surface area contributed by atoms with E-state index in [2.05, 4.69) is 0 Å². The first-order valence-corrected chi connectivity index (χ1v) is 6.14. The zero-order valence-electron chi connectivity index (χ0n) is 9.61. The summed E-state index contributed by atoms with van der Waals surface area (Å²) in [6.45, 7) is 0. The summed E-state index contributed by atoms with van der Waals surface area (Å²) in [5.41, 5.74) is 7.12. The summed E-state index contributed by atoms with van der Waals surface area (Å²) < 4.78 is 0. The molecule has 1 aliphatic rings. The quantitative estimate of drug-likeness (QED) is 0.622. The third kappa shape index (κ3) is 2.84. The summed E-state index contributed by atoms with van der Waals surface area (Å²) in [6.07, 6.45) is 7.04. The third-order valence-electron chi connectivity index (χ3n) is 3.41. The fourth-order valence-corrected chi connectivity index (χ4v) is 2.48. The van der Waals surface area contributed by atoms with Gasteiger partial charge < -0.3 is 5.73 Å². The summed E-state index contributed by atoms with van der Waals surface area (Å²) in [7, 11) is 0. The number of hydrogen-bond donors (Lipinski definition) is 1. The summed E-state index contributed by atoms with van der Waals surface area (Å²) >= 11 is 0. The highest BCUT2D eigenvalue weighted by atomic mass is 16.1. The Morgan fingerprint density at radius 2 is 2.00 bits per heavy atom. The van der Waals surface area contributed by atoms with Crippen LogP contribution < -0.4 is 5.73 Å². The number of ketones is 1. The van der Waals surface area contributed by atoms with Gasteiger partial charge in [0.1, 0.15) is 0 Å². The van der Waals surface area contributed by atoms with E-state index in [1.807, 2.05) is 18.2 Å². The zero-order valence-corrected chi connectivity index (χ0v) is 9.61. The van der Waals surface area contributed by atoms with Gasteiger partial charge in [-0.15, -0.1) is 0 Å². The molecule has 0 radical (unpaired) electrons. The van der Waals surface area contributed by atoms with Crippen LogP contribution in [-0.4, -0.2) is 5.78 Å². The van der Waals surface area contributed by atoms with Gasteiger partial charge in [0.25, 0.3) is 0 Å². The minimum Gasteiger partial charge on any atom is -0.399 e. The molecule has 0 saturated heterocycles. The molecule has 0 heterocycles. The molecule has 0 aliphatic heterocycles. The first-order chi connectivity index (χ1) is 7.75. The van der Waals surface area contributed by atoms with E-state index < -0.39 is 0 Å². The molecule has 1 aliphatic carbocycles. The number of nitrogen functional groups attached to an aromatic ring is 1. The molecule has 2 heteroatoms. The number of rotatable bonds is 3. The Hall–Kier alpha value is -1.31. The van der Waals surface area contributed by atoms with Crippen LogP contribution in [0.15, 0.2) is 24.3 Å². The van der Waals surface area contributed by atoms with Crippen LogP contribution >= 0.6 is 0 Å². The third-order valence-corrected chi connectivity index (χ3v) is 3.41. The molecule has 2 N–H and O–H groups in total. The molecule has 2 nitrogen and oxygen atoms in total. The van der Waals surface area contributed by atoms with E-state index in [4.69, 9.17) is 5.73 Å². The summed E-state index contributed by atoms with van der Waals surface area (Å²) in [5, 5.41) is 0. The Bertz CT molecular complexity index is 367. The molecular formula is C14H19NO. The highest BCUT2D eigenvalue weighted by molar-refractivity contribution is 5.96. The highest BCUT2D eigenvalue weighted by Gasteiger charge is 2.17. The molecular weight excluding hydrogens is 198 g/mol. The van der Waals surface area contributed by atoms with E-state index in [0.717, 1.165) is 5.56 Å². The van der Waals surface area contributed by atoms with Crippen LogP contribution in [0, 0.1) is 5.92 Å². The number of anilines is 1. The maximum atomic E-state index is 12.0. The maximum absolute atomic E-state index is 12.0. The second-order valence-corrected chi connectivity index (χ2v) is 4.76. The van der Waals surface area contributed by atoms with Crippen LogP contribution in [0.25, 0.3) is 0 Å². The van der Waals surface area contributed by atoms with E-state index in [1.54, 1.807) is 6.07 Å². The van der Waals surface area contributed by atoms with E-state index in [9.17, 15) is 4.79 Å². The first-order valence-electron chi connectivity index (χ1n) is 6.14. The van der Waals surface area contributed by atoms with Gasteiger partial charge >= 0.3 is 0 Å². The van der Waals surface area contributed by atoms with E-state index >= 15 is 0 Å². The largest absolute Gasteiger partial charge is 0.399 e. The van der Waals surface area contributed by atoms with Gasteiger partial charge in [-0.05, 0) is 18.1 Å². The second-order valence-electron chi connectivity index (χ2n) is 4.76. The Labute approximate surface area is 96.8 Å². The van der Waals surface area contributed by atoms with Gasteiger partial charge in [0.2, 0.25) is 0 Å². The zero-order chi connectivity index (χ0) is 11.4. The van der Waals surface area contributed by atoms with Crippen molar-refractivity contribution in [2.24, 2.45) is 5.92 Å². The van der Waals surface area contributed by atoms with Crippen LogP contribution in [0.4, 0.5) is 5.69 Å². The molecule has 2 rings (SSSR count). The standard InChI is InChI=1S/C14H19NO/c15-13-8-4-7-12(10-13)14(16)9-11-5-2-1-3-6-11/h4,7-8,10-11H,1-3,5-6,9,15H2. The summed E-state index contributed by atoms with van der Waals surface area (Å²) in [5.74, 6) is 0.849. The minimum absolute atomic E-state index is 0.249. The van der Waals surface area contributed by atoms with Crippen molar-refractivity contribution >= 4 is 11.5 Å².